The van der Waals surface area contributed by atoms with Crippen LogP contribution in [0.3, 0.4) is 0 Å². The molecule has 1 aliphatic rings. The van der Waals surface area contributed by atoms with Gasteiger partial charge in [0, 0.05) is 45.8 Å². The van der Waals surface area contributed by atoms with Crippen molar-refractivity contribution in [3.05, 3.63) is 10.6 Å². The SMILES string of the molecule is CC(C)(C)OC(=O)NCCNc1nc(NCCNC(=O)OC(C)(C)C)nc(N2CCC(CNc3nc(Cl)nc(Cl)n3)CC2)n1. The van der Waals surface area contributed by atoms with E-state index in [9.17, 15) is 9.59 Å². The van der Waals surface area contributed by atoms with E-state index in [2.05, 4.69) is 61.4 Å². The zero-order valence-electron chi connectivity index (χ0n) is 26.0. The van der Waals surface area contributed by atoms with Gasteiger partial charge in [-0.05, 0) is 83.5 Å². The molecule has 0 unspecified atom stereocenters. The van der Waals surface area contributed by atoms with Crippen LogP contribution in [0.15, 0.2) is 0 Å². The van der Waals surface area contributed by atoms with Gasteiger partial charge in [0.25, 0.3) is 0 Å². The third-order valence-corrected chi connectivity index (χ3v) is 6.14. The smallest absolute Gasteiger partial charge is 0.407 e. The van der Waals surface area contributed by atoms with Crippen molar-refractivity contribution in [3.8, 4) is 0 Å². The molecule has 0 atom stereocenters. The molecule has 0 saturated carbocycles. The van der Waals surface area contributed by atoms with Gasteiger partial charge in [-0.15, -0.1) is 0 Å². The topological polar surface area (TPSA) is 193 Å². The first-order chi connectivity index (χ1) is 20.6. The van der Waals surface area contributed by atoms with Crippen LogP contribution >= 0.6 is 23.2 Å². The highest BCUT2D eigenvalue weighted by molar-refractivity contribution is 6.31. The lowest BCUT2D eigenvalue weighted by atomic mass is 9.97. The van der Waals surface area contributed by atoms with E-state index in [-0.39, 0.29) is 10.6 Å². The number of nitrogens with zero attached hydrogens (tertiary/aromatic N) is 7. The molecule has 1 aliphatic heterocycles. The summed E-state index contributed by atoms with van der Waals surface area (Å²) >= 11 is 11.7. The van der Waals surface area contributed by atoms with Gasteiger partial charge in [0.1, 0.15) is 11.2 Å². The zero-order valence-corrected chi connectivity index (χ0v) is 27.5. The van der Waals surface area contributed by atoms with Gasteiger partial charge in [0.2, 0.25) is 34.4 Å². The Morgan fingerprint density at radius 1 is 0.705 bits per heavy atom. The Hall–Kier alpha value is -3.66. The third-order valence-electron chi connectivity index (χ3n) is 5.80. The number of amides is 2. The molecule has 18 heteroatoms. The number of halogens is 2. The summed E-state index contributed by atoms with van der Waals surface area (Å²) in [4.78, 5) is 51.5. The minimum absolute atomic E-state index is 0.0345. The molecule has 0 aromatic carbocycles. The third kappa shape index (κ3) is 13.3. The summed E-state index contributed by atoms with van der Waals surface area (Å²) in [5.74, 6) is 1.89. The molecular formula is C26H42Cl2N12O4. The standard InChI is InChI=1S/C26H42Cl2N12O4/c1-25(2,3)43-23(41)31-11-9-29-19-37-20(30-10-12-32-24(42)44-26(4,5)6)39-22(38-19)40-13-7-16(8-14-40)15-33-21-35-17(27)34-18(28)36-21/h16H,7-15H2,1-6H3,(H,31,41)(H,32,42)(H,33,34,35,36)(H2,29,30,37,38,39). The number of carbonyl (C=O) groups excluding carboxylic acids is 2. The van der Waals surface area contributed by atoms with Gasteiger partial charge in [-0.25, -0.2) is 9.59 Å². The van der Waals surface area contributed by atoms with Crippen molar-refractivity contribution >= 4 is 59.2 Å². The Kier molecular flexibility index (Phi) is 12.6. The Morgan fingerprint density at radius 2 is 1.16 bits per heavy atom. The number of hydrogen-bond acceptors (Lipinski definition) is 14. The molecule has 44 heavy (non-hydrogen) atoms. The highest BCUT2D eigenvalue weighted by Crippen LogP contribution is 2.23. The predicted molar refractivity (Wildman–Crippen MR) is 169 cm³/mol. The van der Waals surface area contributed by atoms with Crippen molar-refractivity contribution in [2.24, 2.45) is 5.92 Å². The average molecular weight is 658 g/mol. The lowest BCUT2D eigenvalue weighted by Gasteiger charge is -2.32. The van der Waals surface area contributed by atoms with Crippen molar-refractivity contribution in [2.45, 2.75) is 65.6 Å². The molecule has 1 saturated heterocycles. The van der Waals surface area contributed by atoms with E-state index >= 15 is 0 Å². The zero-order chi connectivity index (χ0) is 32.3. The highest BCUT2D eigenvalue weighted by Gasteiger charge is 2.23. The summed E-state index contributed by atoms with van der Waals surface area (Å²) in [6.45, 7) is 14.2. The molecule has 0 aliphatic carbocycles. The molecule has 2 aromatic heterocycles. The van der Waals surface area contributed by atoms with Crippen LogP contribution in [0.5, 0.6) is 0 Å². The van der Waals surface area contributed by atoms with E-state index < -0.39 is 23.4 Å². The van der Waals surface area contributed by atoms with E-state index in [1.54, 1.807) is 41.5 Å². The number of nitrogens with one attached hydrogen (secondary N) is 5. The fourth-order valence-electron chi connectivity index (χ4n) is 3.95. The van der Waals surface area contributed by atoms with Crippen molar-refractivity contribution in [1.29, 1.82) is 0 Å². The van der Waals surface area contributed by atoms with Crippen molar-refractivity contribution in [3.63, 3.8) is 0 Å². The van der Waals surface area contributed by atoms with E-state index in [1.165, 1.54) is 0 Å². The largest absolute Gasteiger partial charge is 0.444 e. The molecule has 244 valence electrons. The maximum Gasteiger partial charge on any atom is 0.407 e. The molecule has 3 rings (SSSR count). The summed E-state index contributed by atoms with van der Waals surface area (Å²) in [6, 6.07) is 0. The predicted octanol–water partition coefficient (Wildman–Crippen LogP) is 3.57. The van der Waals surface area contributed by atoms with Gasteiger partial charge >= 0.3 is 12.2 Å². The summed E-state index contributed by atoms with van der Waals surface area (Å²) in [5.41, 5.74) is -1.17. The van der Waals surface area contributed by atoms with Crippen LogP contribution < -0.4 is 31.5 Å². The average Bonchev–Trinajstić information content (AvgIpc) is 2.90. The van der Waals surface area contributed by atoms with E-state index in [0.29, 0.717) is 75.5 Å². The Bertz CT molecular complexity index is 1180. The minimum atomic E-state index is -0.586. The molecule has 0 radical (unpaired) electrons. The van der Waals surface area contributed by atoms with Crippen LogP contribution in [-0.2, 0) is 9.47 Å². The molecular weight excluding hydrogens is 615 g/mol. The van der Waals surface area contributed by atoms with Gasteiger partial charge in [-0.1, -0.05) is 0 Å². The summed E-state index contributed by atoms with van der Waals surface area (Å²) < 4.78 is 10.5. The summed E-state index contributed by atoms with van der Waals surface area (Å²) in [6.07, 6.45) is 0.733. The molecule has 1 fully saturated rings. The van der Waals surface area contributed by atoms with Gasteiger partial charge in [-0.2, -0.15) is 29.9 Å². The van der Waals surface area contributed by atoms with Crippen LogP contribution in [0, 0.1) is 5.92 Å². The minimum Gasteiger partial charge on any atom is -0.444 e. The van der Waals surface area contributed by atoms with Crippen LogP contribution in [-0.4, -0.2) is 99.1 Å². The maximum absolute atomic E-state index is 12.0. The molecule has 5 N–H and O–H groups in total. The van der Waals surface area contributed by atoms with Crippen molar-refractivity contribution in [2.75, 3.05) is 66.7 Å². The molecule has 0 spiro atoms. The van der Waals surface area contributed by atoms with Crippen LogP contribution in [0.25, 0.3) is 0 Å². The Labute approximate surface area is 267 Å². The number of anilines is 4. The van der Waals surface area contributed by atoms with Gasteiger partial charge < -0.3 is 41.0 Å². The molecule has 3 heterocycles. The van der Waals surface area contributed by atoms with Crippen LogP contribution in [0.4, 0.5) is 33.4 Å². The lowest BCUT2D eigenvalue weighted by molar-refractivity contribution is 0.0518. The molecule has 2 amide bonds. The fraction of sp³-hybridized carbons (Fsp3) is 0.692. The maximum atomic E-state index is 12.0. The molecule has 16 nitrogen and oxygen atoms in total. The number of rotatable bonds is 12. The van der Waals surface area contributed by atoms with E-state index in [1.807, 2.05) is 0 Å². The Morgan fingerprint density at radius 3 is 1.61 bits per heavy atom. The van der Waals surface area contributed by atoms with Crippen LogP contribution in [0.2, 0.25) is 10.6 Å². The summed E-state index contributed by atoms with van der Waals surface area (Å²) in [5, 5.41) is 14.9. The quantitative estimate of drug-likeness (QED) is 0.208. The number of piperidine rings is 1. The molecule has 2 aromatic rings. The monoisotopic (exact) mass is 656 g/mol. The second-order valence-electron chi connectivity index (χ2n) is 12.0. The first-order valence-corrected chi connectivity index (χ1v) is 15.1. The highest BCUT2D eigenvalue weighted by atomic mass is 35.5. The number of ether oxygens (including phenoxy) is 2. The number of carbonyl (C=O) groups is 2. The summed E-state index contributed by atoms with van der Waals surface area (Å²) in [7, 11) is 0. The van der Waals surface area contributed by atoms with Crippen molar-refractivity contribution < 1.29 is 19.1 Å². The van der Waals surface area contributed by atoms with Gasteiger partial charge in [0.05, 0.1) is 0 Å². The number of aromatic nitrogens is 6. The number of hydrogen-bond donors (Lipinski definition) is 5. The molecule has 0 bridgehead atoms. The van der Waals surface area contributed by atoms with Gasteiger partial charge in [0.15, 0.2) is 0 Å². The lowest BCUT2D eigenvalue weighted by Crippen LogP contribution is -2.37. The Balaban J connectivity index is 1.57. The van der Waals surface area contributed by atoms with E-state index in [4.69, 9.17) is 32.7 Å². The van der Waals surface area contributed by atoms with Crippen molar-refractivity contribution in [1.82, 2.24) is 40.5 Å². The second kappa shape index (κ2) is 15.9. The van der Waals surface area contributed by atoms with E-state index in [0.717, 1.165) is 12.8 Å². The fourth-order valence-corrected chi connectivity index (χ4v) is 4.31. The second-order valence-corrected chi connectivity index (χ2v) is 12.7. The first kappa shape index (κ1) is 34.8. The van der Waals surface area contributed by atoms with Crippen LogP contribution in [0.1, 0.15) is 54.4 Å². The number of alkyl carbamates (subject to hydrolysis) is 2. The first-order valence-electron chi connectivity index (χ1n) is 14.4. The normalized spacial score (nSPS) is 14.0. The van der Waals surface area contributed by atoms with Gasteiger partial charge in [-0.3, -0.25) is 0 Å².